The predicted molar refractivity (Wildman–Crippen MR) is 145 cm³/mol. The van der Waals surface area contributed by atoms with Crippen LogP contribution in [0.3, 0.4) is 0 Å². The zero-order valence-electron chi connectivity index (χ0n) is 21.1. The minimum atomic E-state index is -0.165. The summed E-state index contributed by atoms with van der Waals surface area (Å²) in [6.45, 7) is 6.36. The van der Waals surface area contributed by atoms with Crippen LogP contribution in [0.2, 0.25) is 0 Å². The second-order valence-corrected chi connectivity index (χ2v) is 9.94. The maximum Gasteiger partial charge on any atom is 0.223 e. The predicted octanol–water partition coefficient (Wildman–Crippen LogP) is 7.23. The summed E-state index contributed by atoms with van der Waals surface area (Å²) in [5.74, 6) is 1.65. The zero-order chi connectivity index (χ0) is 25.6. The molecule has 1 N–H and O–H groups in total. The van der Waals surface area contributed by atoms with Gasteiger partial charge in [0.05, 0.1) is 11.3 Å². The molecule has 4 aromatic heterocycles. The van der Waals surface area contributed by atoms with E-state index in [0.717, 1.165) is 33.2 Å². The molecular weight excluding hydrogens is 655 g/mol. The van der Waals surface area contributed by atoms with Crippen molar-refractivity contribution < 1.29 is 30.9 Å². The van der Waals surface area contributed by atoms with Crippen LogP contribution < -0.4 is 4.74 Å². The van der Waals surface area contributed by atoms with Gasteiger partial charge in [0.2, 0.25) is 11.8 Å². The second kappa shape index (κ2) is 10.0. The molecule has 0 aliphatic heterocycles. The molecule has 2 aromatic carbocycles. The molecule has 0 atom stereocenters. The fraction of sp³-hybridized carbons (Fsp3) is 0.129. The first-order valence-electron chi connectivity index (χ1n) is 12.1. The van der Waals surface area contributed by atoms with Gasteiger partial charge < -0.3 is 14.4 Å². The normalized spacial score (nSPS) is 11.4. The van der Waals surface area contributed by atoms with E-state index < -0.39 is 0 Å². The summed E-state index contributed by atoms with van der Waals surface area (Å²) in [5.41, 5.74) is 3.98. The summed E-state index contributed by atoms with van der Waals surface area (Å²) in [4.78, 5) is 13.7. The van der Waals surface area contributed by atoms with Crippen molar-refractivity contribution in [3.05, 3.63) is 103 Å². The van der Waals surface area contributed by atoms with E-state index in [1.807, 2.05) is 54.6 Å². The third-order valence-corrected chi connectivity index (χ3v) is 6.38. The first-order valence-corrected chi connectivity index (χ1v) is 12.1. The maximum absolute atomic E-state index is 10.4. The molecule has 0 saturated carbocycles. The van der Waals surface area contributed by atoms with Gasteiger partial charge in [-0.25, -0.2) is 4.98 Å². The van der Waals surface area contributed by atoms with Gasteiger partial charge in [0, 0.05) is 51.1 Å². The average Bonchev–Trinajstić information content (AvgIpc) is 3.23. The Morgan fingerprint density at radius 2 is 1.68 bits per heavy atom. The van der Waals surface area contributed by atoms with Crippen molar-refractivity contribution in [3.8, 4) is 34.6 Å². The molecule has 0 fully saturated rings. The SMILES string of the molecule is CC(C)(C)c1cc(Oc2cccc(-n3c4[c-]cccc4c4ccccc43)n2)nc(-c2cnccc2O)c1.[Pt]. The Morgan fingerprint density at radius 1 is 0.868 bits per heavy atom. The van der Waals surface area contributed by atoms with Crippen molar-refractivity contribution in [3.63, 3.8) is 0 Å². The third-order valence-electron chi connectivity index (χ3n) is 6.38. The quantitative estimate of drug-likeness (QED) is 0.199. The molecule has 4 heterocycles. The number of fused-ring (bicyclic) bond motifs is 3. The van der Waals surface area contributed by atoms with E-state index in [-0.39, 0.29) is 32.2 Å². The molecule has 38 heavy (non-hydrogen) atoms. The van der Waals surface area contributed by atoms with E-state index in [0.29, 0.717) is 23.0 Å². The monoisotopic (exact) mass is 680 g/mol. The van der Waals surface area contributed by atoms with Gasteiger partial charge in [-0.2, -0.15) is 29.2 Å². The van der Waals surface area contributed by atoms with Crippen LogP contribution in [-0.2, 0) is 26.5 Å². The molecule has 0 radical (unpaired) electrons. The van der Waals surface area contributed by atoms with Crippen LogP contribution in [0, 0.1) is 6.07 Å². The number of pyridine rings is 3. The summed E-state index contributed by atoms with van der Waals surface area (Å²) in [6, 6.07) is 28.8. The van der Waals surface area contributed by atoms with Crippen molar-refractivity contribution in [1.29, 1.82) is 0 Å². The van der Waals surface area contributed by atoms with E-state index in [4.69, 9.17) is 14.7 Å². The molecule has 0 aliphatic rings. The van der Waals surface area contributed by atoms with Crippen molar-refractivity contribution in [2.24, 2.45) is 0 Å². The van der Waals surface area contributed by atoms with E-state index in [9.17, 15) is 5.11 Å². The molecule has 6 aromatic rings. The molecule has 0 bridgehead atoms. The number of nitrogens with zero attached hydrogens (tertiary/aromatic N) is 4. The van der Waals surface area contributed by atoms with Gasteiger partial charge in [-0.15, -0.1) is 5.39 Å². The van der Waals surface area contributed by atoms with Gasteiger partial charge in [0.25, 0.3) is 0 Å². The van der Waals surface area contributed by atoms with Crippen LogP contribution in [0.25, 0.3) is 38.9 Å². The number of hydrogen-bond acceptors (Lipinski definition) is 5. The largest absolute Gasteiger partial charge is 0.507 e. The van der Waals surface area contributed by atoms with Crippen LogP contribution in [0.4, 0.5) is 0 Å². The van der Waals surface area contributed by atoms with E-state index in [1.54, 1.807) is 18.5 Å². The van der Waals surface area contributed by atoms with Gasteiger partial charge >= 0.3 is 0 Å². The first kappa shape index (κ1) is 25.6. The molecule has 0 spiro atoms. The van der Waals surface area contributed by atoms with E-state index in [2.05, 4.69) is 54.6 Å². The fourth-order valence-corrected chi connectivity index (χ4v) is 4.49. The Balaban J connectivity index is 0.00000294. The molecule has 7 heteroatoms. The Bertz CT molecular complexity index is 1720. The second-order valence-electron chi connectivity index (χ2n) is 9.94. The molecule has 0 amide bonds. The van der Waals surface area contributed by atoms with E-state index >= 15 is 0 Å². The number of aromatic nitrogens is 4. The Labute approximate surface area is 235 Å². The smallest absolute Gasteiger partial charge is 0.223 e. The fourth-order valence-electron chi connectivity index (χ4n) is 4.49. The number of aromatic hydroxyl groups is 1. The Hall–Kier alpha value is -4.02. The van der Waals surface area contributed by atoms with Crippen LogP contribution in [-0.4, -0.2) is 24.6 Å². The van der Waals surface area contributed by atoms with Gasteiger partial charge in [0.1, 0.15) is 11.6 Å². The Kier molecular flexibility index (Phi) is 6.76. The third kappa shape index (κ3) is 4.68. The summed E-state index contributed by atoms with van der Waals surface area (Å²) in [5, 5.41) is 12.7. The summed E-state index contributed by atoms with van der Waals surface area (Å²) < 4.78 is 8.32. The standard InChI is InChI=1S/C31H25N4O2.Pt/c1-31(2,3)20-17-24(23-19-32-16-15-27(23)36)33-30(18-20)37-29-14-8-13-28(34-29)35-25-11-6-4-9-21(25)22-10-5-7-12-26(22)35;/h4-11,13-19H,1-3H3,(H,32,36);/q-1;. The van der Waals surface area contributed by atoms with Crippen LogP contribution >= 0.6 is 0 Å². The van der Waals surface area contributed by atoms with Gasteiger partial charge in [-0.1, -0.05) is 50.6 Å². The molecule has 0 saturated heterocycles. The van der Waals surface area contributed by atoms with Crippen molar-refractivity contribution in [2.45, 2.75) is 26.2 Å². The minimum absolute atomic E-state index is 0. The molecule has 6 rings (SSSR count). The topological polar surface area (TPSA) is 73.1 Å². The summed E-state index contributed by atoms with van der Waals surface area (Å²) in [6.07, 6.45) is 3.15. The number of ether oxygens (including phenoxy) is 1. The molecular formula is C31H25N4O2Pt-. The number of hydrogen-bond donors (Lipinski definition) is 1. The number of para-hydroxylation sites is 2. The van der Waals surface area contributed by atoms with Crippen LogP contribution in [0.5, 0.6) is 17.5 Å². The Morgan fingerprint density at radius 3 is 2.50 bits per heavy atom. The van der Waals surface area contributed by atoms with Gasteiger partial charge in [-0.05, 0) is 40.6 Å². The molecule has 0 aliphatic carbocycles. The molecule has 192 valence electrons. The summed E-state index contributed by atoms with van der Waals surface area (Å²) >= 11 is 0. The summed E-state index contributed by atoms with van der Waals surface area (Å²) in [7, 11) is 0. The van der Waals surface area contributed by atoms with Crippen molar-refractivity contribution in [1.82, 2.24) is 19.5 Å². The molecule has 0 unspecified atom stereocenters. The van der Waals surface area contributed by atoms with E-state index in [1.165, 1.54) is 0 Å². The number of benzene rings is 2. The van der Waals surface area contributed by atoms with Crippen molar-refractivity contribution >= 4 is 21.8 Å². The minimum Gasteiger partial charge on any atom is -0.507 e. The number of rotatable bonds is 4. The van der Waals surface area contributed by atoms with Gasteiger partial charge in [-0.3, -0.25) is 4.98 Å². The molecule has 6 nitrogen and oxygen atoms in total. The first-order chi connectivity index (χ1) is 17.9. The van der Waals surface area contributed by atoms with Crippen LogP contribution in [0.15, 0.2) is 91.3 Å². The van der Waals surface area contributed by atoms with Crippen molar-refractivity contribution in [2.75, 3.05) is 0 Å². The van der Waals surface area contributed by atoms with Crippen LogP contribution in [0.1, 0.15) is 26.3 Å². The maximum atomic E-state index is 10.4. The van der Waals surface area contributed by atoms with Gasteiger partial charge in [0.15, 0.2) is 0 Å². The zero-order valence-corrected chi connectivity index (χ0v) is 23.4. The average molecular weight is 681 g/mol.